The molecule has 0 bridgehead atoms. The van der Waals surface area contributed by atoms with Crippen molar-refractivity contribution in [2.24, 2.45) is 5.92 Å². The van der Waals surface area contributed by atoms with Gasteiger partial charge in [0.25, 0.3) is 0 Å². The van der Waals surface area contributed by atoms with Gasteiger partial charge in [0.2, 0.25) is 5.95 Å². The van der Waals surface area contributed by atoms with E-state index < -0.39 is 11.7 Å². The van der Waals surface area contributed by atoms with E-state index in [0.29, 0.717) is 42.0 Å². The standard InChI is InChI=1S/C26H31F3N4O2/c1-4-5-8-15-34-23-10-7-6-9-22(23)32-24-21(26(27,28)29)16-30-25(33-24)31-19-11-13-20(14-12-19)35-17-18(2)3/h6-7,9-14,16,18H,4-5,8,15,17H2,1-3H3,(H2,30,31,32,33). The molecule has 0 saturated carbocycles. The molecule has 0 atom stereocenters. The average Bonchev–Trinajstić information content (AvgIpc) is 2.82. The molecule has 1 aromatic heterocycles. The topological polar surface area (TPSA) is 68.3 Å². The molecule has 0 aliphatic heterocycles. The third kappa shape index (κ3) is 8.05. The van der Waals surface area contributed by atoms with Gasteiger partial charge in [-0.3, -0.25) is 0 Å². The van der Waals surface area contributed by atoms with Gasteiger partial charge in [-0.25, -0.2) is 4.98 Å². The van der Waals surface area contributed by atoms with E-state index in [0.717, 1.165) is 25.5 Å². The molecule has 0 amide bonds. The van der Waals surface area contributed by atoms with Crippen molar-refractivity contribution >= 4 is 23.1 Å². The molecule has 0 aliphatic carbocycles. The highest BCUT2D eigenvalue weighted by Crippen LogP contribution is 2.37. The fourth-order valence-corrected chi connectivity index (χ4v) is 3.13. The number of ether oxygens (including phenoxy) is 2. The van der Waals surface area contributed by atoms with Crippen LogP contribution < -0.4 is 20.1 Å². The van der Waals surface area contributed by atoms with E-state index in [2.05, 4.69) is 41.4 Å². The summed E-state index contributed by atoms with van der Waals surface area (Å²) < 4.78 is 52.5. The summed E-state index contributed by atoms with van der Waals surface area (Å²) in [5.41, 5.74) is 0.0411. The first-order valence-electron chi connectivity index (χ1n) is 11.7. The number of rotatable bonds is 12. The number of hydrogen-bond donors (Lipinski definition) is 2. The number of hydrogen-bond acceptors (Lipinski definition) is 6. The Bertz CT molecular complexity index is 1070. The summed E-state index contributed by atoms with van der Waals surface area (Å²) in [6.45, 7) is 7.27. The van der Waals surface area contributed by atoms with Crippen molar-refractivity contribution in [2.75, 3.05) is 23.8 Å². The molecular weight excluding hydrogens is 457 g/mol. The van der Waals surface area contributed by atoms with Gasteiger partial charge in [0.05, 0.1) is 18.9 Å². The molecule has 3 rings (SSSR count). The number of nitrogens with zero attached hydrogens (tertiary/aromatic N) is 2. The van der Waals surface area contributed by atoms with Crippen LogP contribution in [0, 0.1) is 5.92 Å². The zero-order chi connectivity index (χ0) is 25.3. The van der Waals surface area contributed by atoms with E-state index in [1.54, 1.807) is 48.5 Å². The number of anilines is 4. The van der Waals surface area contributed by atoms with Crippen molar-refractivity contribution in [3.8, 4) is 11.5 Å². The fraction of sp³-hybridized carbons (Fsp3) is 0.385. The Hall–Kier alpha value is -3.49. The molecule has 0 aliphatic rings. The molecule has 0 fully saturated rings. The van der Waals surface area contributed by atoms with Crippen LogP contribution in [-0.2, 0) is 6.18 Å². The van der Waals surface area contributed by atoms with Crippen molar-refractivity contribution in [2.45, 2.75) is 46.2 Å². The van der Waals surface area contributed by atoms with E-state index in [1.807, 2.05) is 0 Å². The molecular formula is C26H31F3N4O2. The van der Waals surface area contributed by atoms with Crippen LogP contribution >= 0.6 is 0 Å². The Morgan fingerprint density at radius 2 is 1.69 bits per heavy atom. The minimum atomic E-state index is -4.63. The van der Waals surface area contributed by atoms with Gasteiger partial charge in [-0.2, -0.15) is 18.2 Å². The van der Waals surface area contributed by atoms with Crippen LogP contribution in [-0.4, -0.2) is 23.2 Å². The van der Waals surface area contributed by atoms with E-state index in [1.165, 1.54) is 0 Å². The number of aromatic nitrogens is 2. The van der Waals surface area contributed by atoms with Gasteiger partial charge in [-0.05, 0) is 48.7 Å². The zero-order valence-electron chi connectivity index (χ0n) is 20.2. The fourth-order valence-electron chi connectivity index (χ4n) is 3.13. The number of para-hydroxylation sites is 2. The SMILES string of the molecule is CCCCCOc1ccccc1Nc1nc(Nc2ccc(OCC(C)C)cc2)ncc1C(F)(F)F. The summed E-state index contributed by atoms with van der Waals surface area (Å²) in [6.07, 6.45) is -0.945. The summed E-state index contributed by atoms with van der Waals surface area (Å²) in [7, 11) is 0. The lowest BCUT2D eigenvalue weighted by atomic mass is 10.2. The van der Waals surface area contributed by atoms with Crippen LogP contribution in [0.25, 0.3) is 0 Å². The number of halogens is 3. The first-order valence-corrected chi connectivity index (χ1v) is 11.7. The summed E-state index contributed by atoms with van der Waals surface area (Å²) in [4.78, 5) is 7.99. The first-order chi connectivity index (χ1) is 16.8. The maximum atomic E-state index is 13.7. The third-order valence-electron chi connectivity index (χ3n) is 4.93. The molecule has 0 spiro atoms. The number of unbranched alkanes of at least 4 members (excludes halogenated alkanes) is 2. The minimum absolute atomic E-state index is 0.0256. The highest BCUT2D eigenvalue weighted by molar-refractivity contribution is 5.67. The highest BCUT2D eigenvalue weighted by Gasteiger charge is 2.35. The van der Waals surface area contributed by atoms with Crippen molar-refractivity contribution < 1.29 is 22.6 Å². The molecule has 3 aromatic rings. The molecule has 6 nitrogen and oxygen atoms in total. The highest BCUT2D eigenvalue weighted by atomic mass is 19.4. The lowest BCUT2D eigenvalue weighted by Crippen LogP contribution is -2.13. The average molecular weight is 489 g/mol. The van der Waals surface area contributed by atoms with Crippen LogP contribution in [0.3, 0.4) is 0 Å². The van der Waals surface area contributed by atoms with Gasteiger partial charge in [-0.15, -0.1) is 0 Å². The van der Waals surface area contributed by atoms with Gasteiger partial charge in [0.15, 0.2) is 0 Å². The van der Waals surface area contributed by atoms with E-state index in [-0.39, 0.29) is 11.8 Å². The Morgan fingerprint density at radius 1 is 0.943 bits per heavy atom. The predicted molar refractivity (Wildman–Crippen MR) is 132 cm³/mol. The summed E-state index contributed by atoms with van der Waals surface area (Å²) >= 11 is 0. The largest absolute Gasteiger partial charge is 0.493 e. The lowest BCUT2D eigenvalue weighted by Gasteiger charge is -2.17. The van der Waals surface area contributed by atoms with E-state index in [4.69, 9.17) is 9.47 Å². The Labute approximate surface area is 203 Å². The molecule has 0 saturated heterocycles. The van der Waals surface area contributed by atoms with Crippen molar-refractivity contribution in [1.82, 2.24) is 9.97 Å². The van der Waals surface area contributed by atoms with Crippen LogP contribution in [0.5, 0.6) is 11.5 Å². The summed E-state index contributed by atoms with van der Waals surface area (Å²) in [5, 5.41) is 5.74. The second-order valence-electron chi connectivity index (χ2n) is 8.48. The van der Waals surface area contributed by atoms with Crippen LogP contribution in [0.2, 0.25) is 0 Å². The predicted octanol–water partition coefficient (Wildman–Crippen LogP) is 7.59. The quantitative estimate of drug-likeness (QED) is 0.256. The van der Waals surface area contributed by atoms with Gasteiger partial charge in [-0.1, -0.05) is 45.7 Å². The van der Waals surface area contributed by atoms with E-state index >= 15 is 0 Å². The Kier molecular flexibility index (Phi) is 9.17. The Balaban J connectivity index is 1.80. The maximum absolute atomic E-state index is 13.7. The van der Waals surface area contributed by atoms with Gasteiger partial charge >= 0.3 is 6.18 Å². The van der Waals surface area contributed by atoms with Crippen molar-refractivity contribution in [1.29, 1.82) is 0 Å². The van der Waals surface area contributed by atoms with Gasteiger partial charge < -0.3 is 20.1 Å². The monoisotopic (exact) mass is 488 g/mol. The second-order valence-corrected chi connectivity index (χ2v) is 8.48. The molecule has 0 radical (unpaired) electrons. The smallest absolute Gasteiger partial charge is 0.421 e. The second kappa shape index (κ2) is 12.3. The molecule has 35 heavy (non-hydrogen) atoms. The van der Waals surface area contributed by atoms with Crippen molar-refractivity contribution in [3.05, 3.63) is 60.3 Å². The van der Waals surface area contributed by atoms with Gasteiger partial charge in [0, 0.05) is 11.9 Å². The third-order valence-corrected chi connectivity index (χ3v) is 4.93. The Morgan fingerprint density at radius 3 is 2.37 bits per heavy atom. The zero-order valence-corrected chi connectivity index (χ0v) is 20.2. The molecule has 0 unspecified atom stereocenters. The first kappa shape index (κ1) is 26.1. The number of benzene rings is 2. The molecule has 2 aromatic carbocycles. The molecule has 9 heteroatoms. The van der Waals surface area contributed by atoms with Crippen molar-refractivity contribution in [3.63, 3.8) is 0 Å². The van der Waals surface area contributed by atoms with Crippen LogP contribution in [0.4, 0.5) is 36.3 Å². The normalized spacial score (nSPS) is 11.4. The molecule has 188 valence electrons. The minimum Gasteiger partial charge on any atom is -0.493 e. The number of nitrogens with one attached hydrogen (secondary N) is 2. The lowest BCUT2D eigenvalue weighted by molar-refractivity contribution is -0.137. The molecule has 2 N–H and O–H groups in total. The maximum Gasteiger partial charge on any atom is 0.421 e. The molecule has 1 heterocycles. The summed E-state index contributed by atoms with van der Waals surface area (Å²) in [5.74, 6) is 1.22. The van der Waals surface area contributed by atoms with E-state index in [9.17, 15) is 13.2 Å². The van der Waals surface area contributed by atoms with Crippen LogP contribution in [0.1, 0.15) is 45.6 Å². The number of alkyl halides is 3. The summed E-state index contributed by atoms with van der Waals surface area (Å²) in [6, 6.07) is 13.9. The van der Waals surface area contributed by atoms with Gasteiger partial charge in [0.1, 0.15) is 22.9 Å². The van der Waals surface area contributed by atoms with Crippen LogP contribution in [0.15, 0.2) is 54.7 Å².